The minimum absolute atomic E-state index is 0.304. The number of hydrogen-bond acceptors (Lipinski definition) is 0. The van der Waals surface area contributed by atoms with Gasteiger partial charge in [-0.3, -0.25) is 0 Å². The smallest absolute Gasteiger partial charge is 0.00137 e. The Kier molecular flexibility index (Phi) is 10.1. The Labute approximate surface area is 462 Å². The molecule has 0 heterocycles. The van der Waals surface area contributed by atoms with Crippen molar-refractivity contribution in [3.05, 3.63) is 154 Å². The van der Waals surface area contributed by atoms with Gasteiger partial charge in [-0.05, 0) is 258 Å². The van der Waals surface area contributed by atoms with Crippen LogP contribution in [0.4, 0.5) is 0 Å². The Bertz CT molecular complexity index is 4020. The van der Waals surface area contributed by atoms with E-state index in [0.717, 1.165) is 0 Å². The minimum Gasteiger partial charge on any atom is -0.0616 e. The summed E-state index contributed by atoms with van der Waals surface area (Å²) in [6.07, 6.45) is 0. The Hall–Kier alpha value is -7.02. The molecule has 11 aromatic rings. The lowest BCUT2D eigenvalue weighted by Crippen LogP contribution is -2.05. The molecule has 0 nitrogen and oxygen atoms in total. The Balaban J connectivity index is 1.04. The summed E-state index contributed by atoms with van der Waals surface area (Å²) in [4.78, 5) is 0. The van der Waals surface area contributed by atoms with Crippen molar-refractivity contribution in [3.8, 4) is 89.0 Å². The van der Waals surface area contributed by atoms with E-state index in [2.05, 4.69) is 220 Å². The molecule has 0 saturated carbocycles. The maximum atomic E-state index is 2.72. The molecule has 0 radical (unpaired) electrons. The molecule has 0 aromatic heterocycles. The first kappa shape index (κ1) is 48.1. The van der Waals surface area contributed by atoms with Crippen LogP contribution in [0.3, 0.4) is 0 Å². The molecule has 0 spiro atoms. The van der Waals surface area contributed by atoms with Crippen LogP contribution < -0.4 is 0 Å². The van der Waals surface area contributed by atoms with Gasteiger partial charge in [-0.2, -0.15) is 0 Å². The average Bonchev–Trinajstić information content (AvgIpc) is 3.42. The molecule has 0 amide bonds. The fourth-order valence-electron chi connectivity index (χ4n) is 17.2. The van der Waals surface area contributed by atoms with Crippen molar-refractivity contribution in [2.45, 2.75) is 158 Å². The van der Waals surface area contributed by atoms with E-state index in [1.165, 1.54) is 198 Å². The fourth-order valence-corrected chi connectivity index (χ4v) is 17.2. The first-order valence-corrected chi connectivity index (χ1v) is 30.0. The molecule has 15 rings (SSSR count). The number of benzene rings is 11. The number of hydrogen-bond donors (Lipinski definition) is 0. The highest BCUT2D eigenvalue weighted by Crippen LogP contribution is 2.66. The quantitative estimate of drug-likeness (QED) is 0.133. The van der Waals surface area contributed by atoms with E-state index in [9.17, 15) is 0 Å². The van der Waals surface area contributed by atoms with Gasteiger partial charge in [-0.15, -0.1) is 0 Å². The molecule has 0 atom stereocenters. The van der Waals surface area contributed by atoms with Crippen molar-refractivity contribution < 1.29 is 0 Å². The predicted molar refractivity (Wildman–Crippen MR) is 342 cm³/mol. The first-order chi connectivity index (χ1) is 37.4. The second-order valence-corrected chi connectivity index (χ2v) is 26.7. The van der Waals surface area contributed by atoms with Crippen LogP contribution in [-0.2, 0) is 0 Å². The van der Waals surface area contributed by atoms with E-state index in [-0.39, 0.29) is 0 Å². The van der Waals surface area contributed by atoms with Gasteiger partial charge in [0, 0.05) is 0 Å². The van der Waals surface area contributed by atoms with E-state index < -0.39 is 0 Å². The van der Waals surface area contributed by atoms with Gasteiger partial charge in [0.05, 0.1) is 0 Å². The van der Waals surface area contributed by atoms with Crippen LogP contribution in [0.25, 0.3) is 154 Å². The third-order valence-corrected chi connectivity index (χ3v) is 19.6. The lowest BCUT2D eigenvalue weighted by Gasteiger charge is -2.27. The summed E-state index contributed by atoms with van der Waals surface area (Å²) in [5.74, 6) is 2.75. The van der Waals surface area contributed by atoms with Crippen molar-refractivity contribution in [3.63, 3.8) is 0 Å². The second-order valence-electron chi connectivity index (χ2n) is 26.7. The number of fused-ring (bicyclic) bond motifs is 16. The average molecular weight is 1010 g/mol. The van der Waals surface area contributed by atoms with Crippen molar-refractivity contribution in [2.75, 3.05) is 0 Å². The maximum absolute atomic E-state index is 2.72. The highest BCUT2D eigenvalue weighted by molar-refractivity contribution is 6.33. The molecular weight excluding hydrogens is 937 g/mol. The SMILES string of the molecule is CC(C)c1c2c(c(C(C)C)c3ccccc13)-c1ccc3c4c(ccc-2c14)-c1c-3c(C(C)C)c2cc3c(C(C)C)c4c(c(C(C)C)c3cc2c1C(C)C)-c1ccc2c3c(ccc-4c13)-c1c-2c(C(C)C)c2ccccc2c1C(C)C. The predicted octanol–water partition coefficient (Wildman–Crippen LogP) is 24.2. The minimum atomic E-state index is 0.304. The summed E-state index contributed by atoms with van der Waals surface area (Å²) in [5.41, 5.74) is 35.3. The van der Waals surface area contributed by atoms with E-state index in [1.54, 1.807) is 0 Å². The molecule has 0 unspecified atom stereocenters. The van der Waals surface area contributed by atoms with Gasteiger partial charge < -0.3 is 0 Å². The monoisotopic (exact) mass is 1010 g/mol. The van der Waals surface area contributed by atoms with Crippen LogP contribution in [-0.4, -0.2) is 0 Å². The summed E-state index contributed by atoms with van der Waals surface area (Å²) >= 11 is 0. The molecular formula is C78H74. The summed E-state index contributed by atoms with van der Waals surface area (Å²) in [6, 6.07) is 44.4. The standard InChI is InChI=1S/C78H74/c1-35(2)59-43-21-17-18-22-44(43)60(36(3)4)72-48-26-30-52-69-51(29-25-47(67(48)69)71(59)72)75-63(39(9)10)55-33-57-58(34-56(55)64(40(11)12)76(52)75)66(42(15)16)78-54-32-28-50-68-49(27-31-53(70(54)68)77(78)65(57)41(13)14)73-61(37(5)6)45-23-19-20-24-46(45)62(38(7)8)74(50)73/h17-42H,1-16H3. The highest BCUT2D eigenvalue weighted by Gasteiger charge is 2.41. The third kappa shape index (κ3) is 5.77. The molecule has 0 N–H and O–H groups in total. The molecule has 4 aliphatic rings. The zero-order chi connectivity index (χ0) is 54.1. The largest absolute Gasteiger partial charge is 0.0616 e. The zero-order valence-corrected chi connectivity index (χ0v) is 49.0. The second kappa shape index (κ2) is 16.3. The first-order valence-electron chi connectivity index (χ1n) is 30.0. The van der Waals surface area contributed by atoms with E-state index in [0.29, 0.717) is 47.3 Å². The lowest BCUT2D eigenvalue weighted by atomic mass is 9.76. The van der Waals surface area contributed by atoms with Crippen molar-refractivity contribution >= 4 is 64.6 Å². The van der Waals surface area contributed by atoms with Gasteiger partial charge in [0.2, 0.25) is 0 Å². The third-order valence-electron chi connectivity index (χ3n) is 19.6. The molecule has 0 aliphatic heterocycles. The Morgan fingerprint density at radius 3 is 0.462 bits per heavy atom. The summed E-state index contributed by atoms with van der Waals surface area (Å²) in [7, 11) is 0. The van der Waals surface area contributed by atoms with Crippen LogP contribution in [0.1, 0.15) is 203 Å². The normalized spacial score (nSPS) is 13.5. The number of rotatable bonds is 8. The van der Waals surface area contributed by atoms with Crippen molar-refractivity contribution in [1.82, 2.24) is 0 Å². The zero-order valence-electron chi connectivity index (χ0n) is 49.0. The van der Waals surface area contributed by atoms with Gasteiger partial charge in [0.25, 0.3) is 0 Å². The Morgan fingerprint density at radius 2 is 0.321 bits per heavy atom. The van der Waals surface area contributed by atoms with Crippen LogP contribution >= 0.6 is 0 Å². The molecule has 0 bridgehead atoms. The van der Waals surface area contributed by atoms with E-state index in [1.807, 2.05) is 0 Å². The molecule has 11 aromatic carbocycles. The Morgan fingerprint density at radius 1 is 0.179 bits per heavy atom. The molecule has 4 aliphatic carbocycles. The molecule has 0 heteroatoms. The van der Waals surface area contributed by atoms with E-state index in [4.69, 9.17) is 0 Å². The van der Waals surface area contributed by atoms with Crippen molar-refractivity contribution in [2.24, 2.45) is 0 Å². The van der Waals surface area contributed by atoms with Gasteiger partial charge in [0.15, 0.2) is 0 Å². The fraction of sp³-hybridized carbons (Fsp3) is 0.308. The van der Waals surface area contributed by atoms with Crippen LogP contribution in [0.15, 0.2) is 109 Å². The van der Waals surface area contributed by atoms with Crippen LogP contribution in [0.2, 0.25) is 0 Å². The van der Waals surface area contributed by atoms with Crippen LogP contribution in [0, 0.1) is 0 Å². The summed E-state index contributed by atoms with van der Waals surface area (Å²) < 4.78 is 0. The van der Waals surface area contributed by atoms with Gasteiger partial charge in [-0.25, -0.2) is 0 Å². The highest BCUT2D eigenvalue weighted by atomic mass is 14.4. The van der Waals surface area contributed by atoms with Gasteiger partial charge in [0.1, 0.15) is 0 Å². The lowest BCUT2D eigenvalue weighted by molar-refractivity contribution is 0.861. The molecule has 0 fully saturated rings. The molecule has 386 valence electrons. The van der Waals surface area contributed by atoms with Crippen LogP contribution in [0.5, 0.6) is 0 Å². The topological polar surface area (TPSA) is 0 Å². The molecule has 78 heavy (non-hydrogen) atoms. The van der Waals surface area contributed by atoms with Crippen molar-refractivity contribution in [1.29, 1.82) is 0 Å². The van der Waals surface area contributed by atoms with Gasteiger partial charge in [-0.1, -0.05) is 208 Å². The molecule has 0 saturated heterocycles. The summed E-state index contributed by atoms with van der Waals surface area (Å²) in [6.45, 7) is 39.0. The van der Waals surface area contributed by atoms with Gasteiger partial charge >= 0.3 is 0 Å². The maximum Gasteiger partial charge on any atom is -0.00137 e. The summed E-state index contributed by atoms with van der Waals surface area (Å²) in [5, 5.41) is 17.3. The van der Waals surface area contributed by atoms with E-state index >= 15 is 0 Å².